The fourth-order valence-corrected chi connectivity index (χ4v) is 8.50. The second-order valence-corrected chi connectivity index (χ2v) is 17.4. The number of benzene rings is 2. The summed E-state index contributed by atoms with van der Waals surface area (Å²) in [6.07, 6.45) is 45.2. The molecule has 1 aliphatic carbocycles. The van der Waals surface area contributed by atoms with E-state index >= 15 is 0 Å². The Balaban J connectivity index is 1.21. The molecule has 1 atom stereocenters. The van der Waals surface area contributed by atoms with Crippen LogP contribution in [0.1, 0.15) is 237 Å². The second-order valence-electron chi connectivity index (χ2n) is 17.4. The number of ether oxygens (including phenoxy) is 2. The van der Waals surface area contributed by atoms with Crippen LogP contribution in [-0.2, 0) is 10.4 Å². The van der Waals surface area contributed by atoms with Gasteiger partial charge in [-0.1, -0.05) is 231 Å². The SMILES string of the molecule is CCCCCCCCCCCCCCCCCCOc1ccc(C2=CC(=O)CC2(O)c2ccc(OCCCCCCCCCCCCCCCCCC)cc2)cc1. The van der Waals surface area contributed by atoms with Gasteiger partial charge in [0.25, 0.3) is 0 Å². The van der Waals surface area contributed by atoms with Crippen LogP contribution in [0.5, 0.6) is 11.5 Å². The zero-order chi connectivity index (χ0) is 40.5. The highest BCUT2D eigenvalue weighted by molar-refractivity contribution is 6.05. The molecule has 0 heterocycles. The molecular formula is C53H86O4. The van der Waals surface area contributed by atoms with Crippen molar-refractivity contribution in [1.29, 1.82) is 0 Å². The molecule has 2 aromatic carbocycles. The highest BCUT2D eigenvalue weighted by Gasteiger charge is 2.41. The minimum absolute atomic E-state index is 0.0548. The van der Waals surface area contributed by atoms with Crippen molar-refractivity contribution >= 4 is 11.4 Å². The van der Waals surface area contributed by atoms with E-state index in [9.17, 15) is 9.90 Å². The van der Waals surface area contributed by atoms with E-state index in [1.807, 2.05) is 48.5 Å². The normalized spacial score (nSPS) is 15.4. The molecule has 0 saturated carbocycles. The molecule has 3 rings (SSSR count). The van der Waals surface area contributed by atoms with Crippen molar-refractivity contribution in [2.75, 3.05) is 13.2 Å². The van der Waals surface area contributed by atoms with Crippen LogP contribution >= 0.6 is 0 Å². The summed E-state index contributed by atoms with van der Waals surface area (Å²) in [5.41, 5.74) is 0.873. The summed E-state index contributed by atoms with van der Waals surface area (Å²) >= 11 is 0. The molecule has 0 fully saturated rings. The largest absolute Gasteiger partial charge is 0.494 e. The first-order valence-corrected chi connectivity index (χ1v) is 24.5. The molecule has 0 saturated heterocycles. The summed E-state index contributed by atoms with van der Waals surface area (Å²) in [6.45, 7) is 6.00. The molecule has 2 aromatic rings. The molecule has 57 heavy (non-hydrogen) atoms. The zero-order valence-electron chi connectivity index (χ0n) is 37.1. The molecule has 0 radical (unpaired) electrons. The summed E-state index contributed by atoms with van der Waals surface area (Å²) in [7, 11) is 0. The van der Waals surface area contributed by atoms with Crippen LogP contribution < -0.4 is 9.47 Å². The Hall–Kier alpha value is -2.59. The Bertz CT molecular complexity index is 1280. The van der Waals surface area contributed by atoms with Gasteiger partial charge in [0.1, 0.15) is 17.1 Å². The van der Waals surface area contributed by atoms with Crippen molar-refractivity contribution < 1.29 is 19.4 Å². The van der Waals surface area contributed by atoms with Crippen molar-refractivity contribution in [2.24, 2.45) is 0 Å². The lowest BCUT2D eigenvalue weighted by molar-refractivity contribution is -0.116. The second kappa shape index (κ2) is 32.3. The monoisotopic (exact) mass is 787 g/mol. The lowest BCUT2D eigenvalue weighted by Crippen LogP contribution is -2.25. The van der Waals surface area contributed by atoms with Crippen molar-refractivity contribution in [3.05, 3.63) is 65.7 Å². The van der Waals surface area contributed by atoms with E-state index in [4.69, 9.17) is 9.47 Å². The van der Waals surface area contributed by atoms with Gasteiger partial charge < -0.3 is 14.6 Å². The molecule has 4 nitrogen and oxygen atoms in total. The van der Waals surface area contributed by atoms with E-state index in [1.165, 1.54) is 193 Å². The van der Waals surface area contributed by atoms with E-state index in [0.29, 0.717) is 12.2 Å². The average Bonchev–Trinajstić information content (AvgIpc) is 3.54. The van der Waals surface area contributed by atoms with Crippen LogP contribution in [0.4, 0.5) is 0 Å². The average molecular weight is 787 g/mol. The van der Waals surface area contributed by atoms with Gasteiger partial charge in [0.2, 0.25) is 0 Å². The maximum Gasteiger partial charge on any atom is 0.159 e. The number of rotatable bonds is 38. The van der Waals surface area contributed by atoms with Gasteiger partial charge in [0, 0.05) is 6.42 Å². The standard InChI is InChI=1S/C53H86O4/c1-3-5-7-9-11-13-15-17-19-21-23-25-27-29-31-33-43-56-50-39-35-47(36-40-50)52-45-49(54)46-53(52,55)48-37-41-51(42-38-48)57-44-34-32-30-28-26-24-22-20-18-16-14-12-10-8-6-4-2/h35-42,45,55H,3-34,43-44,46H2,1-2H3. The lowest BCUT2D eigenvalue weighted by Gasteiger charge is -2.27. The number of ketones is 1. The van der Waals surface area contributed by atoms with Crippen LogP contribution in [0, 0.1) is 0 Å². The van der Waals surface area contributed by atoms with Crippen LogP contribution in [0.25, 0.3) is 5.57 Å². The number of carbonyl (C=O) groups is 1. The maximum absolute atomic E-state index is 12.6. The predicted octanol–water partition coefficient (Wildman–Crippen LogP) is 16.2. The fraction of sp³-hybridized carbons (Fsp3) is 0.717. The van der Waals surface area contributed by atoms with E-state index in [2.05, 4.69) is 13.8 Å². The maximum atomic E-state index is 12.6. The van der Waals surface area contributed by atoms with Gasteiger partial charge in [-0.2, -0.15) is 0 Å². The fourth-order valence-electron chi connectivity index (χ4n) is 8.50. The summed E-state index contributed by atoms with van der Waals surface area (Å²) in [6, 6.07) is 15.5. The van der Waals surface area contributed by atoms with Crippen molar-refractivity contribution in [3.63, 3.8) is 0 Å². The summed E-state index contributed by atoms with van der Waals surface area (Å²) in [5.74, 6) is 1.59. The van der Waals surface area contributed by atoms with E-state index in [0.717, 1.165) is 42.1 Å². The molecule has 1 aliphatic rings. The third kappa shape index (κ3) is 21.8. The molecule has 0 bridgehead atoms. The van der Waals surface area contributed by atoms with Crippen molar-refractivity contribution in [1.82, 2.24) is 0 Å². The van der Waals surface area contributed by atoms with Gasteiger partial charge in [0.15, 0.2) is 5.78 Å². The smallest absolute Gasteiger partial charge is 0.159 e. The van der Waals surface area contributed by atoms with Crippen LogP contribution in [-0.4, -0.2) is 24.1 Å². The summed E-state index contributed by atoms with van der Waals surface area (Å²) in [5, 5.41) is 11.8. The van der Waals surface area contributed by atoms with Gasteiger partial charge in [-0.25, -0.2) is 0 Å². The first kappa shape index (κ1) is 48.8. The molecule has 0 aromatic heterocycles. The van der Waals surface area contributed by atoms with E-state index < -0.39 is 5.60 Å². The third-order valence-electron chi connectivity index (χ3n) is 12.2. The molecule has 1 unspecified atom stereocenters. The van der Waals surface area contributed by atoms with Gasteiger partial charge >= 0.3 is 0 Å². The lowest BCUT2D eigenvalue weighted by atomic mass is 9.84. The Morgan fingerprint density at radius 3 is 1.07 bits per heavy atom. The molecule has 322 valence electrons. The van der Waals surface area contributed by atoms with Crippen molar-refractivity contribution in [2.45, 2.75) is 231 Å². The number of allylic oxidation sites excluding steroid dienone is 1. The molecule has 0 amide bonds. The number of carbonyl (C=O) groups excluding carboxylic acids is 1. The minimum atomic E-state index is -1.35. The van der Waals surface area contributed by atoms with Crippen LogP contribution in [0.15, 0.2) is 54.6 Å². The first-order chi connectivity index (χ1) is 28.1. The molecule has 4 heteroatoms. The quantitative estimate of drug-likeness (QED) is 0.0689. The van der Waals surface area contributed by atoms with Gasteiger partial charge in [-0.05, 0) is 59.9 Å². The Labute approximate surface area is 351 Å². The van der Waals surface area contributed by atoms with Crippen LogP contribution in [0.2, 0.25) is 0 Å². The Morgan fingerprint density at radius 1 is 0.439 bits per heavy atom. The predicted molar refractivity (Wildman–Crippen MR) is 244 cm³/mol. The highest BCUT2D eigenvalue weighted by atomic mass is 16.5. The number of unbranched alkanes of at least 4 members (excludes halogenated alkanes) is 30. The highest BCUT2D eigenvalue weighted by Crippen LogP contribution is 2.44. The van der Waals surface area contributed by atoms with Crippen molar-refractivity contribution in [3.8, 4) is 11.5 Å². The first-order valence-electron chi connectivity index (χ1n) is 24.5. The zero-order valence-corrected chi connectivity index (χ0v) is 37.1. The third-order valence-corrected chi connectivity index (χ3v) is 12.2. The molecule has 1 N–H and O–H groups in total. The number of hydrogen-bond acceptors (Lipinski definition) is 4. The Morgan fingerprint density at radius 2 is 0.737 bits per heavy atom. The topological polar surface area (TPSA) is 55.8 Å². The van der Waals surface area contributed by atoms with Gasteiger partial charge in [-0.3, -0.25) is 4.79 Å². The van der Waals surface area contributed by atoms with E-state index in [1.54, 1.807) is 6.08 Å². The number of aliphatic hydroxyl groups is 1. The van der Waals surface area contributed by atoms with Gasteiger partial charge in [-0.15, -0.1) is 0 Å². The Kier molecular flexibility index (Phi) is 27.6. The minimum Gasteiger partial charge on any atom is -0.494 e. The van der Waals surface area contributed by atoms with Crippen LogP contribution in [0.3, 0.4) is 0 Å². The molecule has 0 spiro atoms. The van der Waals surface area contributed by atoms with Gasteiger partial charge in [0.05, 0.1) is 13.2 Å². The molecule has 0 aliphatic heterocycles. The molecular weight excluding hydrogens is 701 g/mol. The number of hydrogen-bond donors (Lipinski definition) is 1. The van der Waals surface area contributed by atoms with E-state index in [-0.39, 0.29) is 12.2 Å². The summed E-state index contributed by atoms with van der Waals surface area (Å²) < 4.78 is 12.1. The summed E-state index contributed by atoms with van der Waals surface area (Å²) in [4.78, 5) is 12.6.